The van der Waals surface area contributed by atoms with Crippen molar-refractivity contribution in [3.8, 4) is 22.9 Å². The molecule has 5 nitrogen and oxygen atoms in total. The van der Waals surface area contributed by atoms with E-state index in [-0.39, 0.29) is 11.8 Å². The van der Waals surface area contributed by atoms with E-state index in [9.17, 15) is 13.2 Å². The van der Waals surface area contributed by atoms with Crippen LogP contribution in [0, 0.1) is 0 Å². The van der Waals surface area contributed by atoms with Gasteiger partial charge >= 0.3 is 13.3 Å². The van der Waals surface area contributed by atoms with E-state index in [0.717, 1.165) is 12.1 Å². The molecule has 1 heterocycles. The van der Waals surface area contributed by atoms with Gasteiger partial charge in [0.25, 0.3) is 0 Å². The maximum Gasteiger partial charge on any atom is 0.488 e. The molecule has 3 aromatic rings. The van der Waals surface area contributed by atoms with Crippen molar-refractivity contribution in [3.05, 3.63) is 54.1 Å². The fourth-order valence-electron chi connectivity index (χ4n) is 2.06. The van der Waals surface area contributed by atoms with E-state index in [1.807, 2.05) is 0 Å². The zero-order chi connectivity index (χ0) is 17.3. The molecule has 0 unspecified atom stereocenters. The lowest BCUT2D eigenvalue weighted by atomic mass is 9.80. The summed E-state index contributed by atoms with van der Waals surface area (Å²) in [6, 6.07) is 10.5. The molecule has 0 saturated heterocycles. The Morgan fingerprint density at radius 1 is 0.792 bits per heavy atom. The fraction of sp³-hybridized carbons (Fsp3) is 0.0667. The Bertz CT molecular complexity index is 830. The van der Waals surface area contributed by atoms with Crippen LogP contribution in [-0.2, 0) is 6.18 Å². The molecule has 0 fully saturated rings. The van der Waals surface area contributed by atoms with Crippen LogP contribution in [-0.4, -0.2) is 27.4 Å². The van der Waals surface area contributed by atoms with Crippen LogP contribution in [0.2, 0.25) is 0 Å². The monoisotopic (exact) mass is 334 g/mol. The van der Waals surface area contributed by atoms with Gasteiger partial charge in [-0.1, -0.05) is 12.1 Å². The molecule has 122 valence electrons. The van der Waals surface area contributed by atoms with Gasteiger partial charge in [-0.25, -0.2) is 0 Å². The first-order valence-electron chi connectivity index (χ1n) is 6.82. The van der Waals surface area contributed by atoms with Crippen LogP contribution >= 0.6 is 0 Å². The van der Waals surface area contributed by atoms with Gasteiger partial charge in [0.1, 0.15) is 0 Å². The number of alkyl halides is 3. The molecule has 0 aliphatic rings. The third-order valence-corrected chi connectivity index (χ3v) is 3.34. The zero-order valence-electron chi connectivity index (χ0n) is 12.0. The fourth-order valence-corrected chi connectivity index (χ4v) is 2.06. The van der Waals surface area contributed by atoms with Crippen LogP contribution in [0.3, 0.4) is 0 Å². The highest BCUT2D eigenvalue weighted by Crippen LogP contribution is 2.31. The molecule has 0 aliphatic carbocycles. The molecule has 0 spiro atoms. The average Bonchev–Trinajstić information content (AvgIpc) is 3.04. The van der Waals surface area contributed by atoms with E-state index in [0.29, 0.717) is 16.6 Å². The van der Waals surface area contributed by atoms with E-state index >= 15 is 0 Å². The van der Waals surface area contributed by atoms with Gasteiger partial charge < -0.3 is 14.5 Å². The summed E-state index contributed by atoms with van der Waals surface area (Å²) in [5.74, 6) is 0.258. The number of nitrogens with zero attached hydrogens (tertiary/aromatic N) is 2. The lowest BCUT2D eigenvalue weighted by Crippen LogP contribution is -2.29. The predicted octanol–water partition coefficient (Wildman–Crippen LogP) is 2.10. The van der Waals surface area contributed by atoms with Gasteiger partial charge in [-0.15, -0.1) is 10.2 Å². The van der Waals surface area contributed by atoms with Crippen molar-refractivity contribution in [2.75, 3.05) is 0 Å². The van der Waals surface area contributed by atoms with Crippen LogP contribution in [0.25, 0.3) is 22.9 Å². The van der Waals surface area contributed by atoms with Gasteiger partial charge in [0.15, 0.2) is 0 Å². The lowest BCUT2D eigenvalue weighted by molar-refractivity contribution is -0.137. The molecule has 24 heavy (non-hydrogen) atoms. The van der Waals surface area contributed by atoms with Gasteiger partial charge in [-0.05, 0) is 41.9 Å². The maximum atomic E-state index is 12.5. The number of hydrogen-bond acceptors (Lipinski definition) is 5. The average molecular weight is 334 g/mol. The van der Waals surface area contributed by atoms with Gasteiger partial charge in [0.05, 0.1) is 5.56 Å². The number of halogens is 3. The second kappa shape index (κ2) is 6.10. The Kier molecular flexibility index (Phi) is 4.12. The molecular formula is C15H10BF3N2O3. The first kappa shape index (κ1) is 16.2. The topological polar surface area (TPSA) is 79.4 Å². The standard InChI is InChI=1S/C15H10BF3N2O3/c17-15(18,19)11-5-1-9(2-6-11)13-20-21-14(24-13)10-3-7-12(8-4-10)16(22)23/h1-8,22-23H. The lowest BCUT2D eigenvalue weighted by Gasteiger charge is -2.05. The molecular weight excluding hydrogens is 324 g/mol. The van der Waals surface area contributed by atoms with E-state index in [4.69, 9.17) is 14.5 Å². The van der Waals surface area contributed by atoms with Crippen molar-refractivity contribution in [1.82, 2.24) is 10.2 Å². The van der Waals surface area contributed by atoms with Gasteiger partial charge in [-0.3, -0.25) is 0 Å². The van der Waals surface area contributed by atoms with E-state index < -0.39 is 18.9 Å². The number of aromatic nitrogens is 2. The minimum atomic E-state index is -4.41. The van der Waals surface area contributed by atoms with E-state index in [1.165, 1.54) is 24.3 Å². The number of benzene rings is 2. The molecule has 0 amide bonds. The highest BCUT2D eigenvalue weighted by molar-refractivity contribution is 6.58. The third kappa shape index (κ3) is 3.31. The van der Waals surface area contributed by atoms with E-state index in [2.05, 4.69) is 10.2 Å². The van der Waals surface area contributed by atoms with Crippen LogP contribution in [0.15, 0.2) is 52.9 Å². The molecule has 0 radical (unpaired) electrons. The summed E-state index contributed by atoms with van der Waals surface area (Å²) >= 11 is 0. The van der Waals surface area contributed by atoms with Crippen molar-refractivity contribution in [2.24, 2.45) is 0 Å². The SMILES string of the molecule is OB(O)c1ccc(-c2nnc(-c3ccc(C(F)(F)F)cc3)o2)cc1. The highest BCUT2D eigenvalue weighted by Gasteiger charge is 2.30. The molecule has 0 aliphatic heterocycles. The van der Waals surface area contributed by atoms with Crippen molar-refractivity contribution in [3.63, 3.8) is 0 Å². The summed E-state index contributed by atoms with van der Waals surface area (Å²) in [5.41, 5.74) is 0.458. The Balaban J connectivity index is 1.85. The van der Waals surface area contributed by atoms with Crippen molar-refractivity contribution < 1.29 is 27.6 Å². The van der Waals surface area contributed by atoms with Crippen LogP contribution in [0.5, 0.6) is 0 Å². The summed E-state index contributed by atoms with van der Waals surface area (Å²) in [6.07, 6.45) is -4.41. The summed E-state index contributed by atoms with van der Waals surface area (Å²) < 4.78 is 43.1. The minimum Gasteiger partial charge on any atom is -0.423 e. The van der Waals surface area contributed by atoms with Crippen LogP contribution < -0.4 is 5.46 Å². The smallest absolute Gasteiger partial charge is 0.423 e. The summed E-state index contributed by atoms with van der Waals surface area (Å²) in [7, 11) is -1.58. The third-order valence-electron chi connectivity index (χ3n) is 3.34. The summed E-state index contributed by atoms with van der Waals surface area (Å²) in [4.78, 5) is 0. The second-order valence-electron chi connectivity index (χ2n) is 4.98. The second-order valence-corrected chi connectivity index (χ2v) is 4.98. The Hall–Kier alpha value is -2.65. The molecule has 0 saturated carbocycles. The largest absolute Gasteiger partial charge is 0.488 e. The van der Waals surface area contributed by atoms with Crippen LogP contribution in [0.1, 0.15) is 5.56 Å². The first-order valence-corrected chi connectivity index (χ1v) is 6.82. The molecule has 2 N–H and O–H groups in total. The molecule has 3 rings (SSSR count). The van der Waals surface area contributed by atoms with Crippen molar-refractivity contribution >= 4 is 12.6 Å². The first-order chi connectivity index (χ1) is 11.3. The molecule has 0 atom stereocenters. The van der Waals surface area contributed by atoms with Crippen LogP contribution in [0.4, 0.5) is 13.2 Å². The predicted molar refractivity (Wildman–Crippen MR) is 80.0 cm³/mol. The van der Waals surface area contributed by atoms with Crippen molar-refractivity contribution in [1.29, 1.82) is 0 Å². The molecule has 2 aromatic carbocycles. The highest BCUT2D eigenvalue weighted by atomic mass is 19.4. The minimum absolute atomic E-state index is 0.0880. The summed E-state index contributed by atoms with van der Waals surface area (Å²) in [5, 5.41) is 25.7. The van der Waals surface area contributed by atoms with Gasteiger partial charge in [0, 0.05) is 11.1 Å². The van der Waals surface area contributed by atoms with Crippen molar-refractivity contribution in [2.45, 2.75) is 6.18 Å². The van der Waals surface area contributed by atoms with Gasteiger partial charge in [0.2, 0.25) is 11.8 Å². The zero-order valence-corrected chi connectivity index (χ0v) is 12.0. The maximum absolute atomic E-state index is 12.5. The Labute approximate surface area is 134 Å². The van der Waals surface area contributed by atoms with E-state index in [1.54, 1.807) is 12.1 Å². The summed E-state index contributed by atoms with van der Waals surface area (Å²) in [6.45, 7) is 0. The van der Waals surface area contributed by atoms with Gasteiger partial charge in [-0.2, -0.15) is 13.2 Å². The number of rotatable bonds is 3. The molecule has 0 bridgehead atoms. The number of hydrogen-bond donors (Lipinski definition) is 2. The molecule has 9 heteroatoms. The quantitative estimate of drug-likeness (QED) is 0.717. The Morgan fingerprint density at radius 3 is 1.67 bits per heavy atom. The normalized spacial score (nSPS) is 11.5. The molecule has 1 aromatic heterocycles. The Morgan fingerprint density at radius 2 is 1.25 bits per heavy atom.